The van der Waals surface area contributed by atoms with Crippen LogP contribution in [0.2, 0.25) is 0 Å². The first-order valence-electron chi connectivity index (χ1n) is 8.47. The van der Waals surface area contributed by atoms with Crippen LogP contribution in [0.15, 0.2) is 48.5 Å². The van der Waals surface area contributed by atoms with E-state index in [9.17, 15) is 9.59 Å². The number of carbonyl (C=O) groups excluding carboxylic acids is 2. The summed E-state index contributed by atoms with van der Waals surface area (Å²) < 4.78 is 0. The van der Waals surface area contributed by atoms with Gasteiger partial charge in [0, 0.05) is 11.1 Å². The molecule has 2 atom stereocenters. The van der Waals surface area contributed by atoms with Crippen molar-refractivity contribution in [2.24, 2.45) is 0 Å². The van der Waals surface area contributed by atoms with Gasteiger partial charge in [0.25, 0.3) is 0 Å². The van der Waals surface area contributed by atoms with Gasteiger partial charge >= 0.3 is 0 Å². The molecule has 2 nitrogen and oxygen atoms in total. The third kappa shape index (κ3) is 2.48. The number of rotatable bonds is 4. The van der Waals surface area contributed by atoms with E-state index in [0.717, 1.165) is 33.0 Å². The number of Topliss-reactive ketones (excluding diaryl/α,β-unsaturated/α-hetero) is 2. The highest BCUT2D eigenvalue weighted by Gasteiger charge is 2.26. The van der Waals surface area contributed by atoms with Crippen LogP contribution in [0, 0.1) is 0 Å². The molecular weight excluding hydrogens is 367 g/mol. The molecule has 0 amide bonds. The zero-order chi connectivity index (χ0) is 18.6. The van der Waals surface area contributed by atoms with Crippen molar-refractivity contribution in [2.75, 3.05) is 0 Å². The Bertz CT molecular complexity index is 1080. The molecule has 0 heterocycles. The second kappa shape index (κ2) is 6.22. The van der Waals surface area contributed by atoms with E-state index in [1.54, 1.807) is 13.8 Å². The summed E-state index contributed by atoms with van der Waals surface area (Å²) in [7, 11) is 0. The molecule has 1 aliphatic carbocycles. The first-order valence-corrected chi connectivity index (χ1v) is 9.34. The Hall–Kier alpha value is -2.16. The molecule has 4 rings (SSSR count). The van der Waals surface area contributed by atoms with E-state index in [1.807, 2.05) is 48.5 Å². The van der Waals surface area contributed by atoms with E-state index in [4.69, 9.17) is 23.2 Å². The number of ketones is 2. The number of benzene rings is 3. The van der Waals surface area contributed by atoms with Crippen molar-refractivity contribution >= 4 is 45.5 Å². The Morgan fingerprint density at radius 2 is 1.42 bits per heavy atom. The normalized spacial score (nSPS) is 14.2. The van der Waals surface area contributed by atoms with Crippen molar-refractivity contribution in [1.29, 1.82) is 0 Å². The molecule has 0 aliphatic heterocycles. The van der Waals surface area contributed by atoms with E-state index in [-0.39, 0.29) is 11.6 Å². The maximum Gasteiger partial charge on any atom is 0.180 e. The molecule has 0 N–H and O–H groups in total. The fraction of sp³-hybridized carbons (Fsp3) is 0.182. The molecule has 0 saturated carbocycles. The monoisotopic (exact) mass is 382 g/mol. The molecule has 1 aliphatic rings. The second-order valence-electron chi connectivity index (χ2n) is 6.61. The number of hydrogen-bond acceptors (Lipinski definition) is 2. The maximum absolute atomic E-state index is 12.5. The molecule has 4 heteroatoms. The van der Waals surface area contributed by atoms with Crippen LogP contribution in [0.1, 0.15) is 34.6 Å². The van der Waals surface area contributed by atoms with E-state index in [1.165, 1.54) is 0 Å². The zero-order valence-corrected chi connectivity index (χ0v) is 15.9. The summed E-state index contributed by atoms with van der Waals surface area (Å²) in [5, 5.41) is 0.786. The van der Waals surface area contributed by atoms with E-state index in [0.29, 0.717) is 11.1 Å². The molecule has 0 bridgehead atoms. The Morgan fingerprint density at radius 1 is 0.769 bits per heavy atom. The van der Waals surface area contributed by atoms with Gasteiger partial charge in [-0.3, -0.25) is 9.59 Å². The van der Waals surface area contributed by atoms with Gasteiger partial charge in [0.2, 0.25) is 0 Å². The van der Waals surface area contributed by atoms with E-state index in [2.05, 4.69) is 0 Å². The quantitative estimate of drug-likeness (QED) is 0.315. The van der Waals surface area contributed by atoms with Crippen LogP contribution in [0.3, 0.4) is 0 Å². The van der Waals surface area contributed by atoms with Gasteiger partial charge < -0.3 is 0 Å². The Morgan fingerprint density at radius 3 is 2.12 bits per heavy atom. The number of fused-ring (bicyclic) bond motifs is 3. The minimum absolute atomic E-state index is 0.0850. The molecule has 0 saturated heterocycles. The summed E-state index contributed by atoms with van der Waals surface area (Å²) in [5.74, 6) is -0.178. The highest BCUT2D eigenvalue weighted by Crippen LogP contribution is 2.48. The van der Waals surface area contributed by atoms with Gasteiger partial charge in [0.1, 0.15) is 0 Å². The van der Waals surface area contributed by atoms with Crippen molar-refractivity contribution in [3.63, 3.8) is 0 Å². The summed E-state index contributed by atoms with van der Waals surface area (Å²) in [6.45, 7) is 3.37. The third-order valence-corrected chi connectivity index (χ3v) is 5.31. The molecule has 26 heavy (non-hydrogen) atoms. The molecule has 0 spiro atoms. The van der Waals surface area contributed by atoms with E-state index < -0.39 is 10.8 Å². The van der Waals surface area contributed by atoms with Crippen molar-refractivity contribution in [2.45, 2.75) is 24.6 Å². The van der Waals surface area contributed by atoms with Crippen LogP contribution in [-0.4, -0.2) is 22.3 Å². The summed E-state index contributed by atoms with van der Waals surface area (Å²) >= 11 is 12.0. The first-order chi connectivity index (χ1) is 12.4. The summed E-state index contributed by atoms with van der Waals surface area (Å²) in [6, 6.07) is 15.4. The Kier molecular flexibility index (Phi) is 4.13. The van der Waals surface area contributed by atoms with Crippen LogP contribution in [0.5, 0.6) is 0 Å². The first kappa shape index (κ1) is 17.3. The lowest BCUT2D eigenvalue weighted by atomic mass is 9.95. The topological polar surface area (TPSA) is 34.1 Å². The van der Waals surface area contributed by atoms with Crippen molar-refractivity contribution in [3.8, 4) is 22.3 Å². The van der Waals surface area contributed by atoms with Gasteiger partial charge in [0.05, 0.1) is 10.8 Å². The highest BCUT2D eigenvalue weighted by molar-refractivity contribution is 6.36. The number of hydrogen-bond donors (Lipinski definition) is 0. The van der Waals surface area contributed by atoms with Gasteiger partial charge in [0.15, 0.2) is 11.6 Å². The summed E-state index contributed by atoms with van der Waals surface area (Å²) in [5.41, 5.74) is 5.39. The maximum atomic E-state index is 12.5. The molecule has 3 aromatic carbocycles. The van der Waals surface area contributed by atoms with Crippen molar-refractivity contribution in [3.05, 3.63) is 59.7 Å². The van der Waals surface area contributed by atoms with Crippen LogP contribution >= 0.6 is 23.2 Å². The number of alkyl halides is 2. The van der Waals surface area contributed by atoms with Gasteiger partial charge in [-0.25, -0.2) is 0 Å². The molecule has 2 unspecified atom stereocenters. The minimum Gasteiger partial charge on any atom is -0.293 e. The van der Waals surface area contributed by atoms with Gasteiger partial charge in [-0.1, -0.05) is 42.5 Å². The van der Waals surface area contributed by atoms with Crippen LogP contribution in [0.4, 0.5) is 0 Å². The predicted octanol–water partition coefficient (Wildman–Crippen LogP) is 6.11. The van der Waals surface area contributed by atoms with E-state index >= 15 is 0 Å². The third-order valence-electron chi connectivity index (χ3n) is 4.91. The smallest absolute Gasteiger partial charge is 0.180 e. The van der Waals surface area contributed by atoms with Crippen molar-refractivity contribution in [1.82, 2.24) is 0 Å². The number of carbonyl (C=O) groups is 2. The van der Waals surface area contributed by atoms with Gasteiger partial charge in [-0.05, 0) is 52.9 Å². The lowest BCUT2D eigenvalue weighted by Crippen LogP contribution is -2.11. The fourth-order valence-corrected chi connectivity index (χ4v) is 3.91. The van der Waals surface area contributed by atoms with Crippen LogP contribution in [0.25, 0.3) is 33.0 Å². The Balaban J connectivity index is 1.97. The zero-order valence-electron chi connectivity index (χ0n) is 14.3. The summed E-state index contributed by atoms with van der Waals surface area (Å²) in [6.07, 6.45) is 0. The van der Waals surface area contributed by atoms with Crippen LogP contribution in [-0.2, 0) is 0 Å². The SMILES string of the molecule is CC(Cl)C(=O)c1ccc2c(c1)-c1ccc(C(=O)C(C)Cl)c3cccc-2c13. The second-order valence-corrected chi connectivity index (χ2v) is 7.92. The largest absolute Gasteiger partial charge is 0.293 e. The molecule has 0 fully saturated rings. The predicted molar refractivity (Wildman–Crippen MR) is 108 cm³/mol. The lowest BCUT2D eigenvalue weighted by Gasteiger charge is -2.09. The van der Waals surface area contributed by atoms with Crippen LogP contribution < -0.4 is 0 Å². The average molecular weight is 383 g/mol. The number of halogens is 2. The highest BCUT2D eigenvalue weighted by atomic mass is 35.5. The lowest BCUT2D eigenvalue weighted by molar-refractivity contribution is 0.0985. The van der Waals surface area contributed by atoms with Crippen molar-refractivity contribution < 1.29 is 9.59 Å². The molecule has 0 aromatic heterocycles. The molecule has 3 aromatic rings. The molecule has 0 radical (unpaired) electrons. The van der Waals surface area contributed by atoms with Gasteiger partial charge in [-0.2, -0.15) is 0 Å². The summed E-state index contributed by atoms with van der Waals surface area (Å²) in [4.78, 5) is 24.8. The molecular formula is C22H16Cl2O2. The standard InChI is InChI=1S/C22H16Cl2O2/c1-11(23)21(25)13-6-7-14-15-4-3-5-16-18(22(26)12(2)24)9-8-17(20(15)16)19(14)10-13/h3-12H,1-2H3. The van der Waals surface area contributed by atoms with Gasteiger partial charge in [-0.15, -0.1) is 23.2 Å². The molecule has 130 valence electrons. The fourth-order valence-electron chi connectivity index (χ4n) is 3.67. The average Bonchev–Trinajstić information content (AvgIpc) is 2.96. The minimum atomic E-state index is -0.578. The Labute approximate surface area is 161 Å².